The molecule has 3 aromatic carbocycles. The molecule has 5 rings (SSSR count). The van der Waals surface area contributed by atoms with Crippen LogP contribution < -0.4 is 0 Å². The molecule has 1 atom stereocenters. The van der Waals surface area contributed by atoms with E-state index in [9.17, 15) is 5.11 Å². The van der Waals surface area contributed by atoms with Crippen LogP contribution in [0.4, 0.5) is 0 Å². The van der Waals surface area contributed by atoms with Crippen LogP contribution in [0.3, 0.4) is 0 Å². The maximum Gasteiger partial charge on any atom is 0.114 e. The van der Waals surface area contributed by atoms with Gasteiger partial charge in [0, 0.05) is 39.0 Å². The minimum absolute atomic E-state index is 0. The van der Waals surface area contributed by atoms with Crippen molar-refractivity contribution in [2.24, 2.45) is 0 Å². The second-order valence-electron chi connectivity index (χ2n) is 9.01. The van der Waals surface area contributed by atoms with Gasteiger partial charge in [0.2, 0.25) is 0 Å². The van der Waals surface area contributed by atoms with Crippen molar-refractivity contribution in [1.29, 1.82) is 0 Å². The number of piperazine rings is 1. The van der Waals surface area contributed by atoms with Crippen molar-refractivity contribution >= 4 is 24.8 Å². The highest BCUT2D eigenvalue weighted by Gasteiger charge is 2.29. The maximum absolute atomic E-state index is 10.9. The van der Waals surface area contributed by atoms with Crippen molar-refractivity contribution in [3.8, 4) is 0 Å². The van der Waals surface area contributed by atoms with Crippen LogP contribution in [0.15, 0.2) is 108 Å². The Morgan fingerprint density at radius 2 is 1.08 bits per heavy atom. The number of furan rings is 1. The summed E-state index contributed by atoms with van der Waals surface area (Å²) in [6.07, 6.45) is 0.746. The van der Waals surface area contributed by atoms with Gasteiger partial charge >= 0.3 is 0 Å². The van der Waals surface area contributed by atoms with E-state index in [2.05, 4.69) is 82.6 Å². The fourth-order valence-corrected chi connectivity index (χ4v) is 4.91. The lowest BCUT2D eigenvalue weighted by Crippen LogP contribution is -2.51. The first-order chi connectivity index (χ1) is 16.8. The average molecular weight is 526 g/mol. The molecule has 0 radical (unpaired) electrons. The summed E-state index contributed by atoms with van der Waals surface area (Å²) in [5.74, 6) is 1.78. The number of benzene rings is 3. The van der Waals surface area contributed by atoms with Crippen molar-refractivity contribution in [3.05, 3.63) is 131 Å². The van der Waals surface area contributed by atoms with Crippen molar-refractivity contribution in [1.82, 2.24) is 9.80 Å². The third kappa shape index (κ3) is 7.00. The van der Waals surface area contributed by atoms with E-state index in [0.29, 0.717) is 6.42 Å². The molecular formula is C30H34Cl2N2O2. The van der Waals surface area contributed by atoms with E-state index in [1.807, 2.05) is 30.3 Å². The zero-order chi connectivity index (χ0) is 23.2. The lowest BCUT2D eigenvalue weighted by atomic mass is 9.96. The number of aliphatic hydroxyl groups excluding tert-OH is 1. The molecule has 0 aliphatic carbocycles. The zero-order valence-electron chi connectivity index (χ0n) is 20.3. The first-order valence-electron chi connectivity index (χ1n) is 12.1. The summed E-state index contributed by atoms with van der Waals surface area (Å²) in [5, 5.41) is 10.9. The Morgan fingerprint density at radius 1 is 0.611 bits per heavy atom. The lowest BCUT2D eigenvalue weighted by Gasteiger charge is -2.41. The highest BCUT2D eigenvalue weighted by atomic mass is 35.5. The highest BCUT2D eigenvalue weighted by molar-refractivity contribution is 5.85. The van der Waals surface area contributed by atoms with Gasteiger partial charge in [-0.15, -0.1) is 24.8 Å². The second kappa shape index (κ2) is 13.6. The van der Waals surface area contributed by atoms with E-state index in [-0.39, 0.29) is 30.9 Å². The summed E-state index contributed by atoms with van der Waals surface area (Å²) in [7, 11) is 0. The van der Waals surface area contributed by atoms with Crippen molar-refractivity contribution in [3.63, 3.8) is 0 Å². The molecule has 2 heterocycles. The maximum atomic E-state index is 10.9. The Morgan fingerprint density at radius 3 is 1.64 bits per heavy atom. The van der Waals surface area contributed by atoms with Crippen LogP contribution in [0, 0.1) is 0 Å². The molecule has 0 amide bonds. The first kappa shape index (κ1) is 28.0. The van der Waals surface area contributed by atoms with E-state index in [4.69, 9.17) is 4.42 Å². The number of nitrogens with zero attached hydrogens (tertiary/aromatic N) is 2. The molecule has 6 heteroatoms. The summed E-state index contributed by atoms with van der Waals surface area (Å²) in [6.45, 7) is 3.47. The van der Waals surface area contributed by atoms with Gasteiger partial charge in [-0.2, -0.15) is 0 Å². The van der Waals surface area contributed by atoms with Gasteiger partial charge in [0.1, 0.15) is 17.7 Å². The third-order valence-corrected chi connectivity index (χ3v) is 6.69. The van der Waals surface area contributed by atoms with Gasteiger partial charge in [-0.25, -0.2) is 0 Å². The van der Waals surface area contributed by atoms with E-state index < -0.39 is 6.23 Å². The summed E-state index contributed by atoms with van der Waals surface area (Å²) >= 11 is 0. The van der Waals surface area contributed by atoms with Gasteiger partial charge < -0.3 is 9.52 Å². The smallest absolute Gasteiger partial charge is 0.114 e. The van der Waals surface area contributed by atoms with Crippen LogP contribution >= 0.6 is 24.8 Å². The summed E-state index contributed by atoms with van der Waals surface area (Å²) < 4.78 is 6.03. The molecule has 0 bridgehead atoms. The van der Waals surface area contributed by atoms with Gasteiger partial charge in [0.15, 0.2) is 0 Å². The molecule has 1 aliphatic rings. The molecule has 4 nitrogen and oxygen atoms in total. The SMILES string of the molecule is Cl.Cl.OC(Cc1ccc(Cc2ccccc2)o1)N1CCN(C(c2ccccc2)c2ccccc2)CC1. The number of rotatable bonds is 8. The molecular weight excluding hydrogens is 491 g/mol. The predicted molar refractivity (Wildman–Crippen MR) is 150 cm³/mol. The molecule has 1 saturated heterocycles. The van der Waals surface area contributed by atoms with Gasteiger partial charge in [-0.05, 0) is 28.8 Å². The van der Waals surface area contributed by atoms with Crippen LogP contribution in [0.25, 0.3) is 0 Å². The Kier molecular flexibility index (Phi) is 10.6. The van der Waals surface area contributed by atoms with Gasteiger partial charge in [0.25, 0.3) is 0 Å². The number of hydrogen-bond acceptors (Lipinski definition) is 4. The predicted octanol–water partition coefficient (Wildman–Crippen LogP) is 5.98. The highest BCUT2D eigenvalue weighted by Crippen LogP contribution is 2.29. The van der Waals surface area contributed by atoms with Crippen molar-refractivity contribution in [2.75, 3.05) is 26.2 Å². The standard InChI is InChI=1S/C30H32N2O2.2ClH/c33-29(23-28-17-16-27(34-28)22-24-10-4-1-5-11-24)31-18-20-32(21-19-31)30(25-12-6-2-7-13-25)26-14-8-3-9-15-26;;/h1-17,29-30,33H,18-23H2;2*1H. The number of aliphatic hydroxyl groups is 1. The van der Waals surface area contributed by atoms with E-state index in [1.54, 1.807) is 0 Å². The average Bonchev–Trinajstić information content (AvgIpc) is 3.33. The third-order valence-electron chi connectivity index (χ3n) is 6.69. The Balaban J connectivity index is 0.00000180. The number of halogens is 2. The molecule has 1 N–H and O–H groups in total. The van der Waals surface area contributed by atoms with E-state index in [1.165, 1.54) is 16.7 Å². The molecule has 1 aromatic heterocycles. The number of hydrogen-bond donors (Lipinski definition) is 1. The second-order valence-corrected chi connectivity index (χ2v) is 9.01. The molecule has 0 spiro atoms. The van der Waals surface area contributed by atoms with Gasteiger partial charge in [0.05, 0.1) is 6.04 Å². The minimum atomic E-state index is -0.537. The van der Waals surface area contributed by atoms with Gasteiger partial charge in [-0.1, -0.05) is 91.0 Å². The minimum Gasteiger partial charge on any atom is -0.466 e. The molecule has 1 aliphatic heterocycles. The molecule has 4 aromatic rings. The van der Waals surface area contributed by atoms with E-state index in [0.717, 1.165) is 44.1 Å². The normalized spacial score (nSPS) is 15.2. The molecule has 190 valence electrons. The Labute approximate surface area is 226 Å². The fraction of sp³-hybridized carbons (Fsp3) is 0.267. The Hall–Kier alpha value is -2.60. The van der Waals surface area contributed by atoms with Crippen LogP contribution in [0.1, 0.15) is 34.3 Å². The van der Waals surface area contributed by atoms with Gasteiger partial charge in [-0.3, -0.25) is 9.80 Å². The van der Waals surface area contributed by atoms with Crippen LogP contribution in [-0.4, -0.2) is 47.3 Å². The fourth-order valence-electron chi connectivity index (χ4n) is 4.91. The largest absolute Gasteiger partial charge is 0.466 e. The molecule has 1 fully saturated rings. The first-order valence-corrected chi connectivity index (χ1v) is 12.1. The quantitative estimate of drug-likeness (QED) is 0.307. The summed E-state index contributed by atoms with van der Waals surface area (Å²) in [5.41, 5.74) is 3.85. The summed E-state index contributed by atoms with van der Waals surface area (Å²) in [4.78, 5) is 4.70. The molecule has 0 saturated carbocycles. The van der Waals surface area contributed by atoms with Crippen molar-refractivity contribution in [2.45, 2.75) is 25.1 Å². The van der Waals surface area contributed by atoms with E-state index >= 15 is 0 Å². The molecule has 1 unspecified atom stereocenters. The zero-order valence-corrected chi connectivity index (χ0v) is 21.9. The Bertz CT molecular complexity index is 1110. The van der Waals surface area contributed by atoms with Crippen LogP contribution in [0.5, 0.6) is 0 Å². The van der Waals surface area contributed by atoms with Crippen molar-refractivity contribution < 1.29 is 9.52 Å². The van der Waals surface area contributed by atoms with Crippen LogP contribution in [0.2, 0.25) is 0 Å². The topological polar surface area (TPSA) is 39.9 Å². The lowest BCUT2D eigenvalue weighted by molar-refractivity contribution is -0.0317. The van der Waals surface area contributed by atoms with Crippen LogP contribution in [-0.2, 0) is 12.8 Å². The molecule has 36 heavy (non-hydrogen) atoms. The monoisotopic (exact) mass is 524 g/mol. The summed E-state index contributed by atoms with van der Waals surface area (Å²) in [6, 6.07) is 36.0.